The average Bonchev–Trinajstić information content (AvgIpc) is 2.76. The molecule has 1 atom stereocenters. The summed E-state index contributed by atoms with van der Waals surface area (Å²) in [4.78, 5) is 6.07. The lowest BCUT2D eigenvalue weighted by molar-refractivity contribution is 0.600. The van der Waals surface area contributed by atoms with Gasteiger partial charge in [-0.25, -0.2) is 4.98 Å². The zero-order valence-corrected chi connectivity index (χ0v) is 9.78. The molecule has 3 heteroatoms. The van der Waals surface area contributed by atoms with E-state index in [1.807, 2.05) is 11.3 Å². The average molecular weight is 210 g/mol. The van der Waals surface area contributed by atoms with Crippen LogP contribution in [0.5, 0.6) is 0 Å². The first-order valence-corrected chi connectivity index (χ1v) is 6.29. The third-order valence-corrected chi connectivity index (χ3v) is 3.89. The van der Waals surface area contributed by atoms with Crippen LogP contribution in [0.1, 0.15) is 35.3 Å². The first-order chi connectivity index (χ1) is 6.79. The molecule has 1 aliphatic rings. The summed E-state index contributed by atoms with van der Waals surface area (Å²) in [5.41, 5.74) is 1.29. The summed E-state index contributed by atoms with van der Waals surface area (Å²) in [5.74, 6) is 0. The van der Waals surface area contributed by atoms with Gasteiger partial charge in [-0.3, -0.25) is 0 Å². The maximum Gasteiger partial charge on any atom is 0.0946 e. The lowest BCUT2D eigenvalue weighted by Crippen LogP contribution is -2.23. The van der Waals surface area contributed by atoms with Gasteiger partial charge in [-0.05, 0) is 32.7 Å². The van der Waals surface area contributed by atoms with Gasteiger partial charge in [0.2, 0.25) is 0 Å². The molecule has 14 heavy (non-hydrogen) atoms. The predicted molar refractivity (Wildman–Crippen MR) is 61.0 cm³/mol. The lowest BCUT2D eigenvalue weighted by atomic mass is 10.2. The lowest BCUT2D eigenvalue weighted by Gasteiger charge is -2.06. The molecule has 1 saturated heterocycles. The summed E-state index contributed by atoms with van der Waals surface area (Å²) in [6.45, 7) is 5.55. The van der Waals surface area contributed by atoms with Gasteiger partial charge >= 0.3 is 0 Å². The van der Waals surface area contributed by atoms with Gasteiger partial charge in [0.1, 0.15) is 0 Å². The van der Waals surface area contributed by atoms with Gasteiger partial charge in [-0.15, -0.1) is 11.3 Å². The standard InChI is InChI=1S/C11H18N2S/c1-3-10-8(2)14-11(13-10)7-9-5-4-6-12-9/h9,12H,3-7H2,1-2H3. The highest BCUT2D eigenvalue weighted by molar-refractivity contribution is 7.11. The molecular weight excluding hydrogens is 192 g/mol. The van der Waals surface area contributed by atoms with Gasteiger partial charge < -0.3 is 5.32 Å². The highest BCUT2D eigenvalue weighted by Gasteiger charge is 2.16. The Morgan fingerprint density at radius 2 is 2.43 bits per heavy atom. The van der Waals surface area contributed by atoms with Gasteiger partial charge in [-0.2, -0.15) is 0 Å². The van der Waals surface area contributed by atoms with Crippen molar-refractivity contribution in [2.75, 3.05) is 6.54 Å². The minimum atomic E-state index is 0.685. The van der Waals surface area contributed by atoms with E-state index in [4.69, 9.17) is 0 Å². The smallest absolute Gasteiger partial charge is 0.0946 e. The fourth-order valence-electron chi connectivity index (χ4n) is 2.04. The summed E-state index contributed by atoms with van der Waals surface area (Å²) in [7, 11) is 0. The number of thiazole rings is 1. The molecule has 2 heterocycles. The minimum absolute atomic E-state index is 0.685. The van der Waals surface area contributed by atoms with Gasteiger partial charge in [-0.1, -0.05) is 6.92 Å². The monoisotopic (exact) mass is 210 g/mol. The zero-order chi connectivity index (χ0) is 9.97. The third kappa shape index (κ3) is 2.15. The number of hydrogen-bond acceptors (Lipinski definition) is 3. The van der Waals surface area contributed by atoms with Gasteiger partial charge in [0.05, 0.1) is 10.7 Å². The van der Waals surface area contributed by atoms with Crippen LogP contribution in [-0.2, 0) is 12.8 Å². The molecule has 1 aromatic rings. The predicted octanol–water partition coefficient (Wildman–Crippen LogP) is 2.31. The van der Waals surface area contributed by atoms with Crippen molar-refractivity contribution in [1.82, 2.24) is 10.3 Å². The van der Waals surface area contributed by atoms with E-state index in [-0.39, 0.29) is 0 Å². The third-order valence-electron chi connectivity index (χ3n) is 2.86. The molecule has 2 rings (SSSR count). The van der Waals surface area contributed by atoms with Crippen molar-refractivity contribution in [3.05, 3.63) is 15.6 Å². The van der Waals surface area contributed by atoms with Crippen molar-refractivity contribution in [3.8, 4) is 0 Å². The Morgan fingerprint density at radius 3 is 3.00 bits per heavy atom. The Balaban J connectivity index is 2.01. The van der Waals surface area contributed by atoms with Crippen LogP contribution in [0.3, 0.4) is 0 Å². The molecular formula is C11H18N2S. The molecule has 1 aliphatic heterocycles. The van der Waals surface area contributed by atoms with Gasteiger partial charge in [0.15, 0.2) is 0 Å². The first kappa shape index (κ1) is 10.1. The Hall–Kier alpha value is -0.410. The van der Waals surface area contributed by atoms with E-state index in [2.05, 4.69) is 24.1 Å². The van der Waals surface area contributed by atoms with E-state index < -0.39 is 0 Å². The summed E-state index contributed by atoms with van der Waals surface area (Å²) in [6, 6.07) is 0.685. The molecule has 1 fully saturated rings. The summed E-state index contributed by atoms with van der Waals surface area (Å²) >= 11 is 1.87. The Kier molecular flexibility index (Phi) is 3.19. The van der Waals surface area contributed by atoms with E-state index >= 15 is 0 Å². The van der Waals surface area contributed by atoms with Crippen LogP contribution >= 0.6 is 11.3 Å². The highest BCUT2D eigenvalue weighted by Crippen LogP contribution is 2.21. The highest BCUT2D eigenvalue weighted by atomic mass is 32.1. The second kappa shape index (κ2) is 4.41. The number of aromatic nitrogens is 1. The molecule has 0 spiro atoms. The molecule has 1 unspecified atom stereocenters. The SMILES string of the molecule is CCc1nc(CC2CCCN2)sc1C. The van der Waals surface area contributed by atoms with Crippen LogP contribution in [0.4, 0.5) is 0 Å². The molecule has 0 radical (unpaired) electrons. The van der Waals surface area contributed by atoms with E-state index in [0.29, 0.717) is 6.04 Å². The van der Waals surface area contributed by atoms with Crippen LogP contribution in [-0.4, -0.2) is 17.6 Å². The van der Waals surface area contributed by atoms with Crippen LogP contribution < -0.4 is 5.32 Å². The quantitative estimate of drug-likeness (QED) is 0.828. The van der Waals surface area contributed by atoms with Crippen molar-refractivity contribution in [3.63, 3.8) is 0 Å². The number of nitrogens with one attached hydrogen (secondary N) is 1. The Morgan fingerprint density at radius 1 is 1.57 bits per heavy atom. The molecule has 0 amide bonds. The second-order valence-corrected chi connectivity index (χ2v) is 5.25. The van der Waals surface area contributed by atoms with E-state index in [9.17, 15) is 0 Å². The summed E-state index contributed by atoms with van der Waals surface area (Å²) < 4.78 is 0. The molecule has 1 aromatic heterocycles. The normalized spacial score (nSPS) is 21.7. The maximum atomic E-state index is 4.67. The Bertz CT molecular complexity index is 300. The van der Waals surface area contributed by atoms with Crippen molar-refractivity contribution in [2.24, 2.45) is 0 Å². The fraction of sp³-hybridized carbons (Fsp3) is 0.727. The largest absolute Gasteiger partial charge is 0.314 e. The number of nitrogens with zero attached hydrogens (tertiary/aromatic N) is 1. The van der Waals surface area contributed by atoms with Crippen molar-refractivity contribution in [1.29, 1.82) is 0 Å². The molecule has 78 valence electrons. The number of hydrogen-bond donors (Lipinski definition) is 1. The fourth-order valence-corrected chi connectivity index (χ4v) is 3.15. The topological polar surface area (TPSA) is 24.9 Å². The van der Waals surface area contributed by atoms with E-state index in [1.54, 1.807) is 0 Å². The Labute approximate surface area is 89.8 Å². The van der Waals surface area contributed by atoms with Crippen molar-refractivity contribution in [2.45, 2.75) is 45.6 Å². The van der Waals surface area contributed by atoms with Crippen LogP contribution in [0.15, 0.2) is 0 Å². The van der Waals surface area contributed by atoms with Crippen LogP contribution in [0.2, 0.25) is 0 Å². The van der Waals surface area contributed by atoms with Gasteiger partial charge in [0, 0.05) is 17.3 Å². The molecule has 1 N–H and O–H groups in total. The van der Waals surface area contributed by atoms with Gasteiger partial charge in [0.25, 0.3) is 0 Å². The minimum Gasteiger partial charge on any atom is -0.314 e. The second-order valence-electron chi connectivity index (χ2n) is 3.96. The summed E-state index contributed by atoms with van der Waals surface area (Å²) in [5, 5.41) is 4.84. The number of rotatable bonds is 3. The van der Waals surface area contributed by atoms with Crippen molar-refractivity contribution >= 4 is 11.3 Å². The van der Waals surface area contributed by atoms with Crippen LogP contribution in [0, 0.1) is 6.92 Å². The van der Waals surface area contributed by atoms with Crippen molar-refractivity contribution < 1.29 is 0 Å². The molecule has 0 aliphatic carbocycles. The van der Waals surface area contributed by atoms with E-state index in [0.717, 1.165) is 12.8 Å². The molecule has 0 aromatic carbocycles. The number of aryl methyl sites for hydroxylation is 2. The van der Waals surface area contributed by atoms with Crippen LogP contribution in [0.25, 0.3) is 0 Å². The molecule has 0 saturated carbocycles. The molecule has 0 bridgehead atoms. The molecule has 2 nitrogen and oxygen atoms in total. The van der Waals surface area contributed by atoms with E-state index in [1.165, 1.54) is 35.0 Å². The maximum absolute atomic E-state index is 4.67. The summed E-state index contributed by atoms with van der Waals surface area (Å²) in [6.07, 6.45) is 4.85. The first-order valence-electron chi connectivity index (χ1n) is 5.48. The zero-order valence-electron chi connectivity index (χ0n) is 8.97.